The van der Waals surface area contributed by atoms with Crippen LogP contribution in [0.3, 0.4) is 0 Å². The molecule has 0 bridgehead atoms. The van der Waals surface area contributed by atoms with E-state index in [1.54, 1.807) is 18.8 Å². The van der Waals surface area contributed by atoms with Crippen molar-refractivity contribution in [1.82, 2.24) is 10.2 Å². The smallest absolute Gasteiger partial charge is 0.193 e. The lowest BCUT2D eigenvalue weighted by Crippen LogP contribution is -2.60. The van der Waals surface area contributed by atoms with Crippen LogP contribution in [0, 0.1) is 12.3 Å². The zero-order valence-electron chi connectivity index (χ0n) is 14.3. The maximum absolute atomic E-state index is 12.6. The van der Waals surface area contributed by atoms with E-state index in [0.717, 1.165) is 50.4 Å². The number of aliphatic imine (C=N–C) groups is 1. The first kappa shape index (κ1) is 21.9. The first-order chi connectivity index (χ1) is 11.0. The van der Waals surface area contributed by atoms with Gasteiger partial charge in [-0.2, -0.15) is 0 Å². The summed E-state index contributed by atoms with van der Waals surface area (Å²) in [4.78, 5) is 6.47. The zero-order chi connectivity index (χ0) is 16.8. The van der Waals surface area contributed by atoms with Gasteiger partial charge >= 0.3 is 0 Å². The van der Waals surface area contributed by atoms with E-state index >= 15 is 0 Å². The Hall–Kier alpha value is -0.140. The summed E-state index contributed by atoms with van der Waals surface area (Å²) in [7, 11) is -1.25. The van der Waals surface area contributed by atoms with Crippen LogP contribution in [0.15, 0.2) is 4.99 Å². The third-order valence-corrected chi connectivity index (χ3v) is 8.20. The number of thioether (sulfide) groups is 1. The molecular weight excluding hydrogens is 457 g/mol. The maximum Gasteiger partial charge on any atom is 0.193 e. The predicted molar refractivity (Wildman–Crippen MR) is 114 cm³/mol. The summed E-state index contributed by atoms with van der Waals surface area (Å²) in [5.74, 6) is 5.29. The normalized spacial score (nSPS) is 22.5. The van der Waals surface area contributed by atoms with Crippen molar-refractivity contribution >= 4 is 51.5 Å². The van der Waals surface area contributed by atoms with Crippen molar-refractivity contribution in [3.63, 3.8) is 0 Å². The van der Waals surface area contributed by atoms with Crippen molar-refractivity contribution in [2.45, 2.75) is 36.9 Å². The first-order valence-electron chi connectivity index (χ1n) is 8.24. The highest BCUT2D eigenvalue weighted by atomic mass is 127. The van der Waals surface area contributed by atoms with E-state index in [2.05, 4.69) is 21.1 Å². The molecule has 0 aromatic carbocycles. The summed E-state index contributed by atoms with van der Waals surface area (Å²) in [5, 5.41) is 3.34. The van der Waals surface area contributed by atoms with Crippen molar-refractivity contribution in [1.29, 1.82) is 0 Å². The van der Waals surface area contributed by atoms with E-state index in [4.69, 9.17) is 6.42 Å². The van der Waals surface area contributed by atoms with Crippen LogP contribution >= 0.6 is 35.7 Å². The summed E-state index contributed by atoms with van der Waals surface area (Å²) in [6.45, 7) is 1.89. The standard InChI is InChI=1S/C16H27N3O2S2.HI/c1-3-11-22-12-9-18-15(17-2)19-10-13-23(20,21)16(14-19)7-5-4-6-8-16;/h1H,4-14H2,2H3,(H,17,18);1H. The van der Waals surface area contributed by atoms with Crippen LogP contribution in [0.2, 0.25) is 0 Å². The second-order valence-corrected chi connectivity index (χ2v) is 9.82. The Bertz CT molecular complexity index is 566. The van der Waals surface area contributed by atoms with Gasteiger partial charge in [-0.1, -0.05) is 25.2 Å². The Morgan fingerprint density at radius 2 is 2.08 bits per heavy atom. The number of hydrogen-bond donors (Lipinski definition) is 1. The monoisotopic (exact) mass is 485 g/mol. The Morgan fingerprint density at radius 3 is 2.71 bits per heavy atom. The number of guanidine groups is 1. The molecule has 1 N–H and O–H groups in total. The van der Waals surface area contributed by atoms with Gasteiger partial charge in [0.05, 0.1) is 16.3 Å². The lowest BCUT2D eigenvalue weighted by atomic mass is 9.87. The molecule has 0 unspecified atom stereocenters. The molecule has 8 heteroatoms. The largest absolute Gasteiger partial charge is 0.355 e. The first-order valence-corrected chi connectivity index (χ1v) is 11.0. The maximum atomic E-state index is 12.6. The van der Waals surface area contributed by atoms with Crippen molar-refractivity contribution in [2.75, 3.05) is 43.9 Å². The molecule has 1 heterocycles. The molecule has 5 nitrogen and oxygen atoms in total. The second kappa shape index (κ2) is 10.1. The van der Waals surface area contributed by atoms with E-state index in [1.165, 1.54) is 0 Å². The summed E-state index contributed by atoms with van der Waals surface area (Å²) >= 11 is 1.71. The minimum absolute atomic E-state index is 0. The van der Waals surface area contributed by atoms with Crippen LogP contribution in [0.5, 0.6) is 0 Å². The molecule has 2 rings (SSSR count). The van der Waals surface area contributed by atoms with Gasteiger partial charge in [0.1, 0.15) is 0 Å². The summed E-state index contributed by atoms with van der Waals surface area (Å²) in [5.41, 5.74) is 0. The highest BCUT2D eigenvalue weighted by Gasteiger charge is 2.48. The Balaban J connectivity index is 0.00000288. The summed E-state index contributed by atoms with van der Waals surface area (Å²) < 4.78 is 24.7. The van der Waals surface area contributed by atoms with Crippen LogP contribution < -0.4 is 5.32 Å². The Morgan fingerprint density at radius 1 is 1.38 bits per heavy atom. The molecule has 0 radical (unpaired) electrons. The van der Waals surface area contributed by atoms with Crippen molar-refractivity contribution < 1.29 is 8.42 Å². The highest BCUT2D eigenvalue weighted by molar-refractivity contribution is 14.0. The fourth-order valence-corrected chi connectivity index (χ4v) is 6.18. The minimum Gasteiger partial charge on any atom is -0.355 e. The zero-order valence-corrected chi connectivity index (χ0v) is 18.3. The molecular formula is C16H28IN3O2S2. The summed E-state index contributed by atoms with van der Waals surface area (Å²) in [6.07, 6.45) is 10.0. The lowest BCUT2D eigenvalue weighted by Gasteiger charge is -2.45. The molecule has 1 saturated heterocycles. The number of nitrogens with zero attached hydrogens (tertiary/aromatic N) is 2. The lowest BCUT2D eigenvalue weighted by molar-refractivity contribution is 0.274. The number of halogens is 1. The third kappa shape index (κ3) is 5.18. The number of terminal acetylenes is 1. The average Bonchev–Trinajstić information content (AvgIpc) is 2.55. The average molecular weight is 485 g/mol. The molecule has 2 fully saturated rings. The fourth-order valence-electron chi connectivity index (χ4n) is 3.52. The molecule has 0 amide bonds. The van der Waals surface area contributed by atoms with E-state index < -0.39 is 14.6 Å². The molecule has 24 heavy (non-hydrogen) atoms. The molecule has 1 spiro atoms. The van der Waals surface area contributed by atoms with Crippen LogP contribution in [0.1, 0.15) is 32.1 Å². The third-order valence-electron chi connectivity index (χ3n) is 4.76. The number of rotatable bonds is 4. The van der Waals surface area contributed by atoms with E-state index in [9.17, 15) is 8.42 Å². The topological polar surface area (TPSA) is 61.8 Å². The summed E-state index contributed by atoms with van der Waals surface area (Å²) in [6, 6.07) is 0. The van der Waals surface area contributed by atoms with Gasteiger partial charge in [0.2, 0.25) is 0 Å². The van der Waals surface area contributed by atoms with Gasteiger partial charge in [-0.05, 0) is 12.8 Å². The van der Waals surface area contributed by atoms with Gasteiger partial charge in [0.15, 0.2) is 15.8 Å². The van der Waals surface area contributed by atoms with Crippen molar-refractivity contribution in [3.05, 3.63) is 0 Å². The molecule has 1 saturated carbocycles. The van der Waals surface area contributed by atoms with Crippen LogP contribution in [0.4, 0.5) is 0 Å². The SMILES string of the molecule is C#CCSCCNC(=NC)N1CCS(=O)(=O)C2(CCCCC2)C1.I. The highest BCUT2D eigenvalue weighted by Crippen LogP contribution is 2.38. The molecule has 0 atom stereocenters. The molecule has 0 aromatic heterocycles. The molecule has 2 aliphatic rings. The number of sulfone groups is 1. The number of nitrogens with one attached hydrogen (secondary N) is 1. The predicted octanol–water partition coefficient (Wildman–Crippen LogP) is 1.98. The van der Waals surface area contributed by atoms with E-state index in [0.29, 0.717) is 18.8 Å². The van der Waals surface area contributed by atoms with Crippen molar-refractivity contribution in [2.24, 2.45) is 4.99 Å². The molecule has 1 aliphatic heterocycles. The van der Waals surface area contributed by atoms with E-state index in [1.807, 2.05) is 0 Å². The van der Waals surface area contributed by atoms with E-state index in [-0.39, 0.29) is 29.7 Å². The van der Waals surface area contributed by atoms with Crippen molar-refractivity contribution in [3.8, 4) is 12.3 Å². The second-order valence-electron chi connectivity index (χ2n) is 6.21. The Labute approximate surface area is 167 Å². The van der Waals surface area contributed by atoms with Gasteiger partial charge in [-0.25, -0.2) is 8.42 Å². The quantitative estimate of drug-likeness (QED) is 0.217. The van der Waals surface area contributed by atoms with Crippen LogP contribution in [-0.2, 0) is 9.84 Å². The van der Waals surface area contributed by atoms with Gasteiger partial charge in [-0.3, -0.25) is 4.99 Å². The van der Waals surface area contributed by atoms with Gasteiger partial charge in [0, 0.05) is 32.4 Å². The Kier molecular flexibility index (Phi) is 9.23. The van der Waals surface area contributed by atoms with Gasteiger partial charge in [-0.15, -0.1) is 42.2 Å². The molecule has 0 aromatic rings. The minimum atomic E-state index is -3.00. The van der Waals surface area contributed by atoms with Crippen LogP contribution in [-0.4, -0.2) is 68.0 Å². The van der Waals surface area contributed by atoms with Gasteiger partial charge in [0.25, 0.3) is 0 Å². The molecule has 1 aliphatic carbocycles. The molecule has 138 valence electrons. The van der Waals surface area contributed by atoms with Crippen LogP contribution in [0.25, 0.3) is 0 Å². The fraction of sp³-hybridized carbons (Fsp3) is 0.812. The number of hydrogen-bond acceptors (Lipinski definition) is 4. The van der Waals surface area contributed by atoms with Gasteiger partial charge < -0.3 is 10.2 Å².